The Morgan fingerprint density at radius 2 is 2.20 bits per heavy atom. The Morgan fingerprint density at radius 3 is 2.90 bits per heavy atom. The summed E-state index contributed by atoms with van der Waals surface area (Å²) in [5.41, 5.74) is 1.54. The van der Waals surface area contributed by atoms with Crippen LogP contribution in [-0.2, 0) is 22.4 Å². The SMILES string of the molecule is CCOC(=O)c1c(CC(=O)C2CC2)sc2c1CCCO2. The van der Waals surface area contributed by atoms with Gasteiger partial charge in [-0.1, -0.05) is 0 Å². The summed E-state index contributed by atoms with van der Waals surface area (Å²) in [4.78, 5) is 25.0. The van der Waals surface area contributed by atoms with E-state index in [-0.39, 0.29) is 17.7 Å². The van der Waals surface area contributed by atoms with Gasteiger partial charge in [-0.2, -0.15) is 0 Å². The molecule has 1 saturated carbocycles. The third-order valence-corrected chi connectivity index (χ3v) is 4.84. The molecule has 1 aliphatic heterocycles. The molecular formula is C15H18O4S. The lowest BCUT2D eigenvalue weighted by Gasteiger charge is -2.13. The van der Waals surface area contributed by atoms with Crippen LogP contribution in [0, 0.1) is 5.92 Å². The monoisotopic (exact) mass is 294 g/mol. The summed E-state index contributed by atoms with van der Waals surface area (Å²) < 4.78 is 10.8. The van der Waals surface area contributed by atoms with Gasteiger partial charge in [0.2, 0.25) is 0 Å². The minimum absolute atomic E-state index is 0.213. The summed E-state index contributed by atoms with van der Waals surface area (Å²) >= 11 is 1.45. The number of carbonyl (C=O) groups excluding carboxylic acids is 2. The molecule has 0 amide bonds. The summed E-state index contributed by atoms with van der Waals surface area (Å²) in [6, 6.07) is 0. The Kier molecular flexibility index (Phi) is 3.78. The Bertz CT molecular complexity index is 542. The fraction of sp³-hybridized carbons (Fsp3) is 0.600. The first-order valence-electron chi connectivity index (χ1n) is 7.18. The number of fused-ring (bicyclic) bond motifs is 1. The van der Waals surface area contributed by atoms with Crippen LogP contribution < -0.4 is 4.74 Å². The first-order chi connectivity index (χ1) is 9.70. The minimum atomic E-state index is -0.311. The minimum Gasteiger partial charge on any atom is -0.484 e. The van der Waals surface area contributed by atoms with E-state index in [9.17, 15) is 9.59 Å². The maximum atomic E-state index is 12.2. The lowest BCUT2D eigenvalue weighted by Crippen LogP contribution is -2.14. The summed E-state index contributed by atoms with van der Waals surface area (Å²) in [6.45, 7) is 2.83. The van der Waals surface area contributed by atoms with Crippen molar-refractivity contribution < 1.29 is 19.1 Å². The molecule has 2 aliphatic rings. The summed E-state index contributed by atoms with van der Waals surface area (Å²) in [5, 5.41) is 0.804. The molecule has 0 aromatic carbocycles. The Labute approximate surface area is 122 Å². The van der Waals surface area contributed by atoms with Crippen molar-refractivity contribution in [3.05, 3.63) is 16.0 Å². The summed E-state index contributed by atoms with van der Waals surface area (Å²) in [7, 11) is 0. The highest BCUT2D eigenvalue weighted by molar-refractivity contribution is 7.14. The predicted octanol–water partition coefficient (Wildman–Crippen LogP) is 2.77. The zero-order valence-electron chi connectivity index (χ0n) is 11.6. The standard InChI is InChI=1S/C15H18O4S/c1-2-18-14(17)13-10-4-3-7-19-15(10)20-12(13)8-11(16)9-5-6-9/h9H,2-8H2,1H3. The van der Waals surface area contributed by atoms with Crippen molar-refractivity contribution in [2.24, 2.45) is 5.92 Å². The number of hydrogen-bond acceptors (Lipinski definition) is 5. The van der Waals surface area contributed by atoms with Gasteiger partial charge in [0.15, 0.2) is 5.06 Å². The molecule has 0 unspecified atom stereocenters. The average Bonchev–Trinajstić information content (AvgIpc) is 3.21. The number of ketones is 1. The van der Waals surface area contributed by atoms with Crippen molar-refractivity contribution >= 4 is 23.1 Å². The number of thiophene rings is 1. The molecule has 1 aliphatic carbocycles. The van der Waals surface area contributed by atoms with Gasteiger partial charge in [0, 0.05) is 22.8 Å². The van der Waals surface area contributed by atoms with Gasteiger partial charge in [-0.05, 0) is 32.6 Å². The molecule has 5 heteroatoms. The van der Waals surface area contributed by atoms with Crippen molar-refractivity contribution in [2.75, 3.05) is 13.2 Å². The van der Waals surface area contributed by atoms with Crippen molar-refractivity contribution in [3.63, 3.8) is 0 Å². The first kappa shape index (κ1) is 13.6. The zero-order chi connectivity index (χ0) is 14.1. The van der Waals surface area contributed by atoms with Crippen LogP contribution in [0.1, 0.15) is 47.0 Å². The second-order valence-electron chi connectivity index (χ2n) is 5.26. The van der Waals surface area contributed by atoms with Crippen molar-refractivity contribution in [1.82, 2.24) is 0 Å². The molecule has 0 saturated heterocycles. The number of hydrogen-bond donors (Lipinski definition) is 0. The van der Waals surface area contributed by atoms with Gasteiger partial charge in [0.05, 0.1) is 18.8 Å². The van der Waals surface area contributed by atoms with Crippen LogP contribution in [-0.4, -0.2) is 25.0 Å². The highest BCUT2D eigenvalue weighted by Gasteiger charge is 2.33. The van der Waals surface area contributed by atoms with Crippen molar-refractivity contribution in [2.45, 2.75) is 39.0 Å². The highest BCUT2D eigenvalue weighted by Crippen LogP contribution is 2.41. The van der Waals surface area contributed by atoms with Gasteiger partial charge < -0.3 is 9.47 Å². The number of carbonyl (C=O) groups is 2. The Morgan fingerprint density at radius 1 is 1.40 bits per heavy atom. The van der Waals surface area contributed by atoms with E-state index in [2.05, 4.69) is 0 Å². The smallest absolute Gasteiger partial charge is 0.339 e. The average molecular weight is 294 g/mol. The van der Waals surface area contributed by atoms with Crippen molar-refractivity contribution in [1.29, 1.82) is 0 Å². The van der Waals surface area contributed by atoms with Crippen LogP contribution in [0.5, 0.6) is 5.06 Å². The molecule has 0 bridgehead atoms. The Hall–Kier alpha value is -1.36. The number of esters is 1. The number of ether oxygens (including phenoxy) is 2. The lowest BCUT2D eigenvalue weighted by molar-refractivity contribution is -0.119. The van der Waals surface area contributed by atoms with Gasteiger partial charge in [0.25, 0.3) is 0 Å². The fourth-order valence-corrected chi connectivity index (χ4v) is 3.74. The largest absolute Gasteiger partial charge is 0.484 e. The van der Waals surface area contributed by atoms with Gasteiger partial charge in [0.1, 0.15) is 5.78 Å². The van der Waals surface area contributed by atoms with Crippen LogP contribution in [0.4, 0.5) is 0 Å². The zero-order valence-corrected chi connectivity index (χ0v) is 12.4. The third kappa shape index (κ3) is 2.59. The van der Waals surface area contributed by atoms with E-state index in [1.165, 1.54) is 11.3 Å². The molecule has 20 heavy (non-hydrogen) atoms. The van der Waals surface area contributed by atoms with Gasteiger partial charge in [-0.3, -0.25) is 4.79 Å². The topological polar surface area (TPSA) is 52.6 Å². The highest BCUT2D eigenvalue weighted by atomic mass is 32.1. The van der Waals surface area contributed by atoms with Crippen LogP contribution in [0.25, 0.3) is 0 Å². The molecule has 1 aromatic rings. The lowest BCUT2D eigenvalue weighted by atomic mass is 10.0. The van der Waals surface area contributed by atoms with E-state index in [1.807, 2.05) is 0 Å². The molecule has 1 aromatic heterocycles. The third-order valence-electron chi connectivity index (χ3n) is 3.69. The fourth-order valence-electron chi connectivity index (χ4n) is 2.52. The van der Waals surface area contributed by atoms with Gasteiger partial charge in [-0.25, -0.2) is 4.79 Å². The molecule has 3 rings (SSSR count). The summed E-state index contributed by atoms with van der Waals surface area (Å²) in [5.74, 6) is 0.147. The van der Waals surface area contributed by atoms with Crippen LogP contribution in [0.15, 0.2) is 0 Å². The van der Waals surface area contributed by atoms with E-state index < -0.39 is 0 Å². The molecule has 2 heterocycles. The van der Waals surface area contributed by atoms with Crippen molar-refractivity contribution in [3.8, 4) is 5.06 Å². The molecule has 0 radical (unpaired) electrons. The van der Waals surface area contributed by atoms with Crippen LogP contribution in [0.2, 0.25) is 0 Å². The molecule has 0 atom stereocenters. The first-order valence-corrected chi connectivity index (χ1v) is 7.99. The van der Waals surface area contributed by atoms with Gasteiger partial charge in [-0.15, -0.1) is 11.3 Å². The predicted molar refractivity (Wildman–Crippen MR) is 75.5 cm³/mol. The summed E-state index contributed by atoms with van der Waals surface area (Å²) in [6.07, 6.45) is 4.08. The van der Waals surface area contributed by atoms with E-state index in [0.29, 0.717) is 25.2 Å². The van der Waals surface area contributed by atoms with E-state index in [0.717, 1.165) is 41.2 Å². The van der Waals surface area contributed by atoms with Gasteiger partial charge >= 0.3 is 5.97 Å². The van der Waals surface area contributed by atoms with Crippen LogP contribution >= 0.6 is 11.3 Å². The number of rotatable bonds is 5. The second kappa shape index (κ2) is 5.56. The Balaban J connectivity index is 1.91. The second-order valence-corrected chi connectivity index (χ2v) is 6.32. The molecule has 0 spiro atoms. The van der Waals surface area contributed by atoms with E-state index in [1.54, 1.807) is 6.92 Å². The maximum absolute atomic E-state index is 12.2. The quantitative estimate of drug-likeness (QED) is 0.784. The van der Waals surface area contributed by atoms with E-state index in [4.69, 9.17) is 9.47 Å². The maximum Gasteiger partial charge on any atom is 0.339 e. The molecule has 0 N–H and O–H groups in total. The molecule has 1 fully saturated rings. The number of Topliss-reactive ketones (excluding diaryl/α,β-unsaturated/α-hetero) is 1. The normalized spacial score (nSPS) is 17.2. The van der Waals surface area contributed by atoms with E-state index >= 15 is 0 Å². The van der Waals surface area contributed by atoms with Crippen LogP contribution in [0.3, 0.4) is 0 Å². The molecule has 108 valence electrons. The molecular weight excluding hydrogens is 276 g/mol. The molecule has 4 nitrogen and oxygen atoms in total.